The van der Waals surface area contributed by atoms with E-state index in [1.54, 1.807) is 6.07 Å². The summed E-state index contributed by atoms with van der Waals surface area (Å²) in [5.41, 5.74) is 1.99. The first-order chi connectivity index (χ1) is 9.47. The Hall–Kier alpha value is -2.56. The van der Waals surface area contributed by atoms with Gasteiger partial charge in [-0.25, -0.2) is 0 Å². The van der Waals surface area contributed by atoms with Gasteiger partial charge in [0, 0.05) is 5.56 Å². The fourth-order valence-corrected chi connectivity index (χ4v) is 1.66. The van der Waals surface area contributed by atoms with Gasteiger partial charge in [0.2, 0.25) is 0 Å². The summed E-state index contributed by atoms with van der Waals surface area (Å²) in [7, 11) is 0. The molecule has 0 saturated heterocycles. The van der Waals surface area contributed by atoms with Crippen LogP contribution < -0.4 is 5.32 Å². The highest BCUT2D eigenvalue weighted by Gasteiger charge is 2.18. The Labute approximate surface area is 116 Å². The van der Waals surface area contributed by atoms with Crippen LogP contribution in [-0.2, 0) is 4.79 Å². The van der Waals surface area contributed by atoms with Crippen molar-refractivity contribution < 1.29 is 19.1 Å². The highest BCUT2D eigenvalue weighted by molar-refractivity contribution is 5.94. The van der Waals surface area contributed by atoms with Crippen LogP contribution in [0.3, 0.4) is 0 Å². The Balaban J connectivity index is 2.14. The van der Waals surface area contributed by atoms with E-state index in [4.69, 9.17) is 9.52 Å². The second-order valence-electron chi connectivity index (χ2n) is 4.56. The van der Waals surface area contributed by atoms with Crippen LogP contribution in [0.5, 0.6) is 0 Å². The number of benzene rings is 1. The average molecular weight is 273 g/mol. The zero-order valence-electron chi connectivity index (χ0n) is 11.2. The Bertz CT molecular complexity index is 628. The topological polar surface area (TPSA) is 79.5 Å². The lowest BCUT2D eigenvalue weighted by Gasteiger charge is -2.06. The highest BCUT2D eigenvalue weighted by atomic mass is 16.4. The van der Waals surface area contributed by atoms with Crippen LogP contribution in [0.4, 0.5) is 0 Å². The van der Waals surface area contributed by atoms with E-state index in [1.165, 1.54) is 13.0 Å². The van der Waals surface area contributed by atoms with Crippen molar-refractivity contribution in [3.05, 3.63) is 47.7 Å². The number of hydrogen-bond donors (Lipinski definition) is 2. The minimum Gasteiger partial charge on any atom is -0.480 e. The molecule has 0 aliphatic carbocycles. The summed E-state index contributed by atoms with van der Waals surface area (Å²) in [5, 5.41) is 11.1. The minimum absolute atomic E-state index is 0.0914. The van der Waals surface area contributed by atoms with Crippen molar-refractivity contribution in [2.75, 3.05) is 0 Å². The number of carbonyl (C=O) groups is 2. The maximum atomic E-state index is 11.8. The Morgan fingerprint density at radius 2 is 1.80 bits per heavy atom. The molecule has 5 nitrogen and oxygen atoms in total. The third-order valence-corrected chi connectivity index (χ3v) is 2.88. The number of carboxylic acid groups (broad SMARTS) is 1. The van der Waals surface area contributed by atoms with Crippen molar-refractivity contribution in [2.45, 2.75) is 19.9 Å². The number of furan rings is 1. The number of amides is 1. The van der Waals surface area contributed by atoms with Crippen molar-refractivity contribution in [1.82, 2.24) is 5.32 Å². The normalized spacial score (nSPS) is 11.9. The molecule has 20 heavy (non-hydrogen) atoms. The molecule has 0 aliphatic rings. The fraction of sp³-hybridized carbons (Fsp3) is 0.200. The molecule has 0 fully saturated rings. The fourth-order valence-electron chi connectivity index (χ4n) is 1.66. The number of aryl methyl sites for hydroxylation is 1. The summed E-state index contributed by atoms with van der Waals surface area (Å²) < 4.78 is 5.45. The maximum absolute atomic E-state index is 11.8. The third-order valence-electron chi connectivity index (χ3n) is 2.88. The molecule has 1 unspecified atom stereocenters. The summed E-state index contributed by atoms with van der Waals surface area (Å²) in [6.07, 6.45) is 0. The van der Waals surface area contributed by atoms with E-state index in [2.05, 4.69) is 5.32 Å². The number of aliphatic carboxylic acids is 1. The molecule has 5 heteroatoms. The highest BCUT2D eigenvalue weighted by Crippen LogP contribution is 2.22. The molecule has 1 aromatic heterocycles. The van der Waals surface area contributed by atoms with Crippen molar-refractivity contribution in [3.8, 4) is 11.3 Å². The summed E-state index contributed by atoms with van der Waals surface area (Å²) in [6, 6.07) is 9.94. The average Bonchev–Trinajstić information content (AvgIpc) is 2.89. The molecule has 2 aromatic rings. The zero-order chi connectivity index (χ0) is 14.7. The molecule has 1 atom stereocenters. The SMILES string of the molecule is Cc1ccc(-c2ccc(C(=O)NC(C)C(=O)O)o2)cc1. The van der Waals surface area contributed by atoms with Gasteiger partial charge < -0.3 is 14.8 Å². The van der Waals surface area contributed by atoms with Crippen LogP contribution in [0.1, 0.15) is 23.0 Å². The quantitative estimate of drug-likeness (QED) is 0.896. The Morgan fingerprint density at radius 3 is 2.40 bits per heavy atom. The van der Waals surface area contributed by atoms with E-state index in [9.17, 15) is 9.59 Å². The summed E-state index contributed by atoms with van der Waals surface area (Å²) >= 11 is 0. The second kappa shape index (κ2) is 5.61. The van der Waals surface area contributed by atoms with Crippen molar-refractivity contribution in [3.63, 3.8) is 0 Å². The van der Waals surface area contributed by atoms with E-state index in [0.717, 1.165) is 11.1 Å². The van der Waals surface area contributed by atoms with Crippen LogP contribution in [0.25, 0.3) is 11.3 Å². The van der Waals surface area contributed by atoms with Crippen LogP contribution in [-0.4, -0.2) is 23.0 Å². The first-order valence-corrected chi connectivity index (χ1v) is 6.18. The second-order valence-corrected chi connectivity index (χ2v) is 4.56. The van der Waals surface area contributed by atoms with Gasteiger partial charge in [0.05, 0.1) is 0 Å². The van der Waals surface area contributed by atoms with Crippen LogP contribution in [0, 0.1) is 6.92 Å². The van der Waals surface area contributed by atoms with E-state index in [1.807, 2.05) is 31.2 Å². The molecule has 0 spiro atoms. The van der Waals surface area contributed by atoms with E-state index < -0.39 is 17.9 Å². The first-order valence-electron chi connectivity index (χ1n) is 6.18. The minimum atomic E-state index is -1.09. The van der Waals surface area contributed by atoms with Crippen LogP contribution >= 0.6 is 0 Å². The Kier molecular flexibility index (Phi) is 3.89. The lowest BCUT2D eigenvalue weighted by Crippen LogP contribution is -2.38. The van der Waals surface area contributed by atoms with Gasteiger partial charge >= 0.3 is 5.97 Å². The predicted molar refractivity (Wildman–Crippen MR) is 73.4 cm³/mol. The van der Waals surface area contributed by atoms with Gasteiger partial charge in [-0.3, -0.25) is 9.59 Å². The van der Waals surface area contributed by atoms with Gasteiger partial charge in [0.25, 0.3) is 5.91 Å². The molecular formula is C15H15NO4. The largest absolute Gasteiger partial charge is 0.480 e. The van der Waals surface area contributed by atoms with Gasteiger partial charge in [0.1, 0.15) is 11.8 Å². The van der Waals surface area contributed by atoms with Crippen molar-refractivity contribution >= 4 is 11.9 Å². The molecule has 2 N–H and O–H groups in total. The van der Waals surface area contributed by atoms with Gasteiger partial charge in [0.15, 0.2) is 5.76 Å². The Morgan fingerprint density at radius 1 is 1.15 bits per heavy atom. The summed E-state index contributed by atoms with van der Waals surface area (Å²) in [5.74, 6) is -0.978. The number of nitrogens with one attached hydrogen (secondary N) is 1. The van der Waals surface area contributed by atoms with Gasteiger partial charge in [-0.2, -0.15) is 0 Å². The van der Waals surface area contributed by atoms with Crippen LogP contribution in [0.15, 0.2) is 40.8 Å². The van der Waals surface area contributed by atoms with Gasteiger partial charge in [-0.15, -0.1) is 0 Å². The smallest absolute Gasteiger partial charge is 0.325 e. The lowest BCUT2D eigenvalue weighted by molar-refractivity contribution is -0.138. The number of rotatable bonds is 4. The molecule has 0 aliphatic heterocycles. The predicted octanol–water partition coefficient (Wildman–Crippen LogP) is 2.46. The number of carboxylic acids is 1. The maximum Gasteiger partial charge on any atom is 0.325 e. The molecular weight excluding hydrogens is 258 g/mol. The molecule has 0 radical (unpaired) electrons. The molecule has 1 amide bonds. The summed E-state index contributed by atoms with van der Waals surface area (Å²) in [6.45, 7) is 3.38. The van der Waals surface area contributed by atoms with E-state index >= 15 is 0 Å². The number of carbonyl (C=O) groups excluding carboxylic acids is 1. The molecule has 0 saturated carbocycles. The van der Waals surface area contributed by atoms with Crippen molar-refractivity contribution in [1.29, 1.82) is 0 Å². The van der Waals surface area contributed by atoms with E-state index in [0.29, 0.717) is 5.76 Å². The number of hydrogen-bond acceptors (Lipinski definition) is 3. The monoisotopic (exact) mass is 273 g/mol. The third kappa shape index (κ3) is 3.06. The van der Waals surface area contributed by atoms with E-state index in [-0.39, 0.29) is 5.76 Å². The standard InChI is InChI=1S/C15H15NO4/c1-9-3-5-11(6-4-9)12-7-8-13(20-12)14(17)16-10(2)15(18)19/h3-8,10H,1-2H3,(H,16,17)(H,18,19). The van der Waals surface area contributed by atoms with Crippen LogP contribution in [0.2, 0.25) is 0 Å². The summed E-state index contributed by atoms with van der Waals surface area (Å²) in [4.78, 5) is 22.5. The molecule has 1 aromatic carbocycles. The first kappa shape index (κ1) is 13.9. The lowest BCUT2D eigenvalue weighted by atomic mass is 10.1. The van der Waals surface area contributed by atoms with Gasteiger partial charge in [-0.05, 0) is 26.0 Å². The van der Waals surface area contributed by atoms with Gasteiger partial charge in [-0.1, -0.05) is 29.8 Å². The molecule has 1 heterocycles. The van der Waals surface area contributed by atoms with Crippen molar-refractivity contribution in [2.24, 2.45) is 0 Å². The molecule has 104 valence electrons. The zero-order valence-corrected chi connectivity index (χ0v) is 11.2. The molecule has 0 bridgehead atoms. The molecule has 2 rings (SSSR count).